The van der Waals surface area contributed by atoms with Gasteiger partial charge in [0.2, 0.25) is 0 Å². The lowest BCUT2D eigenvalue weighted by Crippen LogP contribution is -2.03. The molecule has 0 saturated heterocycles. The van der Waals surface area contributed by atoms with E-state index < -0.39 is 0 Å². The van der Waals surface area contributed by atoms with Crippen LogP contribution in [0.1, 0.15) is 61.4 Å². The van der Waals surface area contributed by atoms with Gasteiger partial charge in [0.15, 0.2) is 5.78 Å². The van der Waals surface area contributed by atoms with Crippen molar-refractivity contribution in [1.82, 2.24) is 0 Å². The number of ether oxygens (including phenoxy) is 1. The van der Waals surface area contributed by atoms with Crippen LogP contribution in [0.3, 0.4) is 0 Å². The molecule has 3 heteroatoms. The lowest BCUT2D eigenvalue weighted by Gasteiger charge is -2.09. The van der Waals surface area contributed by atoms with Gasteiger partial charge < -0.3 is 4.74 Å². The Labute approximate surface area is 149 Å². The molecule has 0 N–H and O–H groups in total. The first-order valence-corrected chi connectivity index (χ1v) is 9.12. The van der Waals surface area contributed by atoms with Gasteiger partial charge in [-0.3, -0.25) is 4.79 Å². The van der Waals surface area contributed by atoms with E-state index in [-0.39, 0.29) is 5.78 Å². The zero-order valence-corrected chi connectivity index (χ0v) is 15.0. The molecule has 0 fully saturated rings. The maximum absolute atomic E-state index is 12.4. The van der Waals surface area contributed by atoms with Crippen molar-refractivity contribution >= 4 is 17.4 Å². The van der Waals surface area contributed by atoms with Crippen LogP contribution in [-0.2, 0) is 0 Å². The highest BCUT2D eigenvalue weighted by molar-refractivity contribution is 6.35. The Morgan fingerprint density at radius 3 is 2.38 bits per heavy atom. The van der Waals surface area contributed by atoms with Gasteiger partial charge in [-0.05, 0) is 24.6 Å². The SMILES string of the molecule is CCCCCCCCOc1ccc(C(=O)c2ccccc2)c(Cl)c1. The second-order valence-corrected chi connectivity index (χ2v) is 6.36. The number of hydrogen-bond donors (Lipinski definition) is 0. The number of rotatable bonds is 10. The van der Waals surface area contributed by atoms with Crippen LogP contribution >= 0.6 is 11.6 Å². The Morgan fingerprint density at radius 2 is 1.67 bits per heavy atom. The average Bonchev–Trinajstić information content (AvgIpc) is 2.61. The van der Waals surface area contributed by atoms with Crippen LogP contribution in [0.2, 0.25) is 5.02 Å². The van der Waals surface area contributed by atoms with E-state index in [9.17, 15) is 4.79 Å². The van der Waals surface area contributed by atoms with Crippen molar-refractivity contribution in [3.05, 3.63) is 64.7 Å². The van der Waals surface area contributed by atoms with Gasteiger partial charge in [0.1, 0.15) is 5.75 Å². The fourth-order valence-electron chi connectivity index (χ4n) is 2.59. The highest BCUT2D eigenvalue weighted by atomic mass is 35.5. The molecule has 0 atom stereocenters. The summed E-state index contributed by atoms with van der Waals surface area (Å²) in [7, 11) is 0. The van der Waals surface area contributed by atoms with Crippen LogP contribution in [-0.4, -0.2) is 12.4 Å². The molecule has 2 aromatic carbocycles. The summed E-state index contributed by atoms with van der Waals surface area (Å²) in [6.45, 7) is 2.91. The zero-order valence-electron chi connectivity index (χ0n) is 14.3. The molecule has 24 heavy (non-hydrogen) atoms. The second kappa shape index (κ2) is 10.1. The second-order valence-electron chi connectivity index (χ2n) is 5.95. The Kier molecular flexibility index (Phi) is 7.84. The van der Waals surface area contributed by atoms with Gasteiger partial charge in [-0.15, -0.1) is 0 Å². The molecule has 0 bridgehead atoms. The molecule has 0 aliphatic heterocycles. The van der Waals surface area contributed by atoms with Crippen LogP contribution in [0.4, 0.5) is 0 Å². The van der Waals surface area contributed by atoms with Gasteiger partial charge in [-0.25, -0.2) is 0 Å². The van der Waals surface area contributed by atoms with Crippen molar-refractivity contribution in [1.29, 1.82) is 0 Å². The monoisotopic (exact) mass is 344 g/mol. The molecule has 0 aliphatic rings. The van der Waals surface area contributed by atoms with Crippen molar-refractivity contribution in [2.45, 2.75) is 45.4 Å². The molecule has 0 spiro atoms. The molecule has 0 saturated carbocycles. The van der Waals surface area contributed by atoms with Crippen LogP contribution in [0, 0.1) is 0 Å². The van der Waals surface area contributed by atoms with Crippen molar-refractivity contribution in [2.24, 2.45) is 0 Å². The lowest BCUT2D eigenvalue weighted by atomic mass is 10.0. The summed E-state index contributed by atoms with van der Waals surface area (Å²) in [5.74, 6) is 0.654. The molecule has 0 amide bonds. The Hall–Kier alpha value is -1.80. The van der Waals surface area contributed by atoms with E-state index in [1.807, 2.05) is 24.3 Å². The zero-order chi connectivity index (χ0) is 17.2. The summed E-state index contributed by atoms with van der Waals surface area (Å²) in [6.07, 6.45) is 7.39. The highest BCUT2D eigenvalue weighted by Gasteiger charge is 2.13. The molecule has 0 radical (unpaired) electrons. The van der Waals surface area contributed by atoms with Gasteiger partial charge >= 0.3 is 0 Å². The summed E-state index contributed by atoms with van der Waals surface area (Å²) >= 11 is 6.27. The van der Waals surface area contributed by atoms with Gasteiger partial charge in [-0.1, -0.05) is 81.0 Å². The highest BCUT2D eigenvalue weighted by Crippen LogP contribution is 2.25. The first kappa shape index (κ1) is 18.5. The molecular formula is C21H25ClO2. The van der Waals surface area contributed by atoms with Crippen molar-refractivity contribution < 1.29 is 9.53 Å². The molecule has 0 aliphatic carbocycles. The van der Waals surface area contributed by atoms with Crippen LogP contribution in [0.25, 0.3) is 0 Å². The minimum absolute atomic E-state index is 0.0666. The third-order valence-corrected chi connectivity index (χ3v) is 4.30. The fourth-order valence-corrected chi connectivity index (χ4v) is 2.84. The summed E-state index contributed by atoms with van der Waals surface area (Å²) in [4.78, 5) is 12.4. The number of carbonyl (C=O) groups is 1. The quantitative estimate of drug-likeness (QED) is 0.373. The molecular weight excluding hydrogens is 320 g/mol. The van der Waals surface area contributed by atoms with Crippen molar-refractivity contribution in [3.8, 4) is 5.75 Å². The molecule has 0 unspecified atom stereocenters. The Bertz CT molecular complexity index is 638. The van der Waals surface area contributed by atoms with E-state index in [2.05, 4.69) is 6.92 Å². The maximum Gasteiger partial charge on any atom is 0.194 e. The number of carbonyl (C=O) groups excluding carboxylic acids is 1. The number of unbranched alkanes of at least 4 members (excludes halogenated alkanes) is 5. The molecule has 2 aromatic rings. The van der Waals surface area contributed by atoms with E-state index in [1.54, 1.807) is 24.3 Å². The predicted octanol–water partition coefficient (Wildman–Crippen LogP) is 6.31. The Balaban J connectivity index is 1.85. The third kappa shape index (κ3) is 5.68. The number of benzene rings is 2. The topological polar surface area (TPSA) is 26.3 Å². The fraction of sp³-hybridized carbons (Fsp3) is 0.381. The van der Waals surface area contributed by atoms with Gasteiger partial charge in [0.05, 0.1) is 11.6 Å². The standard InChI is InChI=1S/C21H25ClO2/c1-2-3-4-5-6-10-15-24-18-13-14-19(20(22)16-18)21(23)17-11-8-7-9-12-17/h7-9,11-14,16H,2-6,10,15H2,1H3. The smallest absolute Gasteiger partial charge is 0.194 e. The van der Waals surface area contributed by atoms with Gasteiger partial charge in [-0.2, -0.15) is 0 Å². The van der Waals surface area contributed by atoms with E-state index >= 15 is 0 Å². The van der Waals surface area contributed by atoms with E-state index in [4.69, 9.17) is 16.3 Å². The molecule has 2 nitrogen and oxygen atoms in total. The minimum Gasteiger partial charge on any atom is -0.494 e. The summed E-state index contributed by atoms with van der Waals surface area (Å²) in [5.41, 5.74) is 1.15. The largest absolute Gasteiger partial charge is 0.494 e. The van der Waals surface area contributed by atoms with Crippen LogP contribution < -0.4 is 4.74 Å². The summed E-state index contributed by atoms with van der Waals surface area (Å²) in [5, 5.41) is 0.435. The van der Waals surface area contributed by atoms with E-state index in [0.717, 1.165) is 12.2 Å². The third-order valence-electron chi connectivity index (χ3n) is 3.99. The Morgan fingerprint density at radius 1 is 0.958 bits per heavy atom. The predicted molar refractivity (Wildman–Crippen MR) is 100 cm³/mol. The van der Waals surface area contributed by atoms with Gasteiger partial charge in [0.25, 0.3) is 0 Å². The first-order valence-electron chi connectivity index (χ1n) is 8.74. The number of ketones is 1. The summed E-state index contributed by atoms with van der Waals surface area (Å²) < 4.78 is 5.74. The summed E-state index contributed by atoms with van der Waals surface area (Å²) in [6, 6.07) is 14.5. The van der Waals surface area contributed by atoms with Crippen molar-refractivity contribution in [2.75, 3.05) is 6.61 Å². The normalized spacial score (nSPS) is 10.6. The first-order chi connectivity index (χ1) is 11.7. The average molecular weight is 345 g/mol. The number of halogens is 1. The molecule has 2 rings (SSSR count). The van der Waals surface area contributed by atoms with E-state index in [1.165, 1.54) is 32.1 Å². The number of hydrogen-bond acceptors (Lipinski definition) is 2. The molecule has 0 aromatic heterocycles. The van der Waals surface area contributed by atoms with Crippen molar-refractivity contribution in [3.63, 3.8) is 0 Å². The molecule has 0 heterocycles. The minimum atomic E-state index is -0.0666. The van der Waals surface area contributed by atoms with Crippen LogP contribution in [0.5, 0.6) is 5.75 Å². The lowest BCUT2D eigenvalue weighted by molar-refractivity contribution is 0.103. The van der Waals surface area contributed by atoms with Gasteiger partial charge in [0, 0.05) is 11.1 Å². The maximum atomic E-state index is 12.4. The van der Waals surface area contributed by atoms with E-state index in [0.29, 0.717) is 22.8 Å². The van der Waals surface area contributed by atoms with Crippen LogP contribution in [0.15, 0.2) is 48.5 Å². The molecule has 128 valence electrons.